The number of esters is 1. The van der Waals surface area contributed by atoms with Gasteiger partial charge in [-0.3, -0.25) is 4.79 Å². The second-order valence-corrected chi connectivity index (χ2v) is 6.47. The van der Waals surface area contributed by atoms with Crippen LogP contribution in [0.2, 0.25) is 0 Å². The summed E-state index contributed by atoms with van der Waals surface area (Å²) in [6.45, 7) is 4.35. The third-order valence-electron chi connectivity index (χ3n) is 3.82. The van der Waals surface area contributed by atoms with Gasteiger partial charge in [-0.25, -0.2) is 4.98 Å². The average Bonchev–Trinajstić information content (AvgIpc) is 2.92. The van der Waals surface area contributed by atoms with Gasteiger partial charge in [-0.1, -0.05) is 29.8 Å². The number of hydrogen-bond acceptors (Lipinski definition) is 4. The van der Waals surface area contributed by atoms with E-state index in [1.54, 1.807) is 11.3 Å². The van der Waals surface area contributed by atoms with Gasteiger partial charge < -0.3 is 4.74 Å². The minimum absolute atomic E-state index is 0.126. The quantitative estimate of drug-likeness (QED) is 0.801. The lowest BCUT2D eigenvalue weighted by molar-refractivity contribution is -0.145. The number of aryl methyl sites for hydroxylation is 2. The number of thiazole rings is 1. The molecule has 1 aromatic heterocycles. The molecule has 0 N–H and O–H groups in total. The maximum atomic E-state index is 12.1. The molecule has 1 atom stereocenters. The first-order chi connectivity index (χ1) is 10.2. The number of rotatable bonds is 3. The Bertz CT molecular complexity index is 645. The summed E-state index contributed by atoms with van der Waals surface area (Å²) in [5.74, 6) is -0.302. The summed E-state index contributed by atoms with van der Waals surface area (Å²) in [7, 11) is 0. The van der Waals surface area contributed by atoms with Gasteiger partial charge in [-0.05, 0) is 33.1 Å². The lowest BCUT2D eigenvalue weighted by atomic mass is 9.91. The van der Waals surface area contributed by atoms with E-state index in [1.165, 1.54) is 10.4 Å². The van der Waals surface area contributed by atoms with Gasteiger partial charge in [0.15, 0.2) is 0 Å². The molecule has 0 saturated heterocycles. The van der Waals surface area contributed by atoms with Gasteiger partial charge in [0.05, 0.1) is 12.3 Å². The molecule has 1 aliphatic rings. The monoisotopic (exact) mass is 301 g/mol. The van der Waals surface area contributed by atoms with Crippen LogP contribution in [-0.4, -0.2) is 17.6 Å². The van der Waals surface area contributed by atoms with Crippen molar-refractivity contribution >= 4 is 17.3 Å². The Morgan fingerprint density at radius 2 is 2.14 bits per heavy atom. The summed E-state index contributed by atoms with van der Waals surface area (Å²) in [6, 6.07) is 8.38. The molecule has 0 fully saturated rings. The first-order valence-corrected chi connectivity index (χ1v) is 8.24. The fourth-order valence-corrected chi connectivity index (χ4v) is 3.88. The largest absolute Gasteiger partial charge is 0.465 e. The highest BCUT2D eigenvalue weighted by Crippen LogP contribution is 2.38. The van der Waals surface area contributed by atoms with Gasteiger partial charge >= 0.3 is 5.97 Å². The summed E-state index contributed by atoms with van der Waals surface area (Å²) in [6.07, 6.45) is 2.91. The van der Waals surface area contributed by atoms with E-state index in [4.69, 9.17) is 9.72 Å². The van der Waals surface area contributed by atoms with Crippen molar-refractivity contribution in [2.24, 2.45) is 0 Å². The Morgan fingerprint density at radius 3 is 2.86 bits per heavy atom. The molecule has 0 bridgehead atoms. The zero-order valence-corrected chi connectivity index (χ0v) is 13.2. The zero-order chi connectivity index (χ0) is 14.8. The van der Waals surface area contributed by atoms with Crippen LogP contribution in [0.1, 0.15) is 41.8 Å². The van der Waals surface area contributed by atoms with E-state index in [-0.39, 0.29) is 11.9 Å². The number of aromatic nitrogens is 1. The molecule has 3 nitrogen and oxygen atoms in total. The molecular weight excluding hydrogens is 282 g/mol. The van der Waals surface area contributed by atoms with Crippen molar-refractivity contribution in [3.63, 3.8) is 0 Å². The van der Waals surface area contributed by atoms with Gasteiger partial charge in [0.25, 0.3) is 0 Å². The smallest absolute Gasteiger partial charge is 0.315 e. The van der Waals surface area contributed by atoms with Crippen LogP contribution in [-0.2, 0) is 16.0 Å². The number of carbonyl (C=O) groups excluding carboxylic acids is 1. The first-order valence-electron chi connectivity index (χ1n) is 7.42. The van der Waals surface area contributed by atoms with Crippen LogP contribution >= 0.6 is 11.3 Å². The van der Waals surface area contributed by atoms with Gasteiger partial charge in [-0.2, -0.15) is 0 Å². The van der Waals surface area contributed by atoms with E-state index >= 15 is 0 Å². The van der Waals surface area contributed by atoms with E-state index in [0.717, 1.165) is 35.5 Å². The van der Waals surface area contributed by atoms with Crippen molar-refractivity contribution in [1.82, 2.24) is 4.98 Å². The van der Waals surface area contributed by atoms with E-state index in [9.17, 15) is 4.79 Å². The van der Waals surface area contributed by atoms with Crippen LogP contribution in [0.5, 0.6) is 0 Å². The van der Waals surface area contributed by atoms with Crippen LogP contribution in [0.25, 0.3) is 10.6 Å². The maximum absolute atomic E-state index is 12.1. The Morgan fingerprint density at radius 1 is 1.38 bits per heavy atom. The Hall–Kier alpha value is -1.68. The topological polar surface area (TPSA) is 39.2 Å². The average molecular weight is 301 g/mol. The standard InChI is InChI=1S/C17H19NO2S/c1-3-20-17(19)13-5-4-6-14-15(13)18-16(21-14)12-9-7-11(2)8-10-12/h7-10,13H,3-6H2,1-2H3/t13-/m1/s1. The molecule has 0 aliphatic heterocycles. The van der Waals surface area contributed by atoms with Crippen molar-refractivity contribution in [3.8, 4) is 10.6 Å². The molecule has 1 heterocycles. The lowest BCUT2D eigenvalue weighted by Crippen LogP contribution is -2.20. The van der Waals surface area contributed by atoms with Crippen LogP contribution in [0.4, 0.5) is 0 Å². The van der Waals surface area contributed by atoms with Gasteiger partial charge in [0, 0.05) is 10.4 Å². The first kappa shape index (κ1) is 14.3. The molecule has 110 valence electrons. The summed E-state index contributed by atoms with van der Waals surface area (Å²) in [4.78, 5) is 18.1. The molecule has 3 rings (SSSR count). The molecule has 0 spiro atoms. The van der Waals surface area contributed by atoms with Crippen LogP contribution < -0.4 is 0 Å². The van der Waals surface area contributed by atoms with E-state index < -0.39 is 0 Å². The lowest BCUT2D eigenvalue weighted by Gasteiger charge is -2.19. The van der Waals surface area contributed by atoms with Gasteiger partial charge in [0.2, 0.25) is 0 Å². The van der Waals surface area contributed by atoms with Gasteiger partial charge in [0.1, 0.15) is 10.9 Å². The molecule has 0 unspecified atom stereocenters. The SMILES string of the molecule is CCOC(=O)[C@@H]1CCCc2sc(-c3ccc(C)cc3)nc21. The van der Waals surface area contributed by atoms with Crippen LogP contribution in [0.15, 0.2) is 24.3 Å². The molecule has 4 heteroatoms. The second-order valence-electron chi connectivity index (χ2n) is 5.39. The highest BCUT2D eigenvalue weighted by Gasteiger charge is 2.31. The molecule has 0 amide bonds. The van der Waals surface area contributed by atoms with Crippen LogP contribution in [0, 0.1) is 6.92 Å². The summed E-state index contributed by atoms with van der Waals surface area (Å²) < 4.78 is 5.19. The normalized spacial score (nSPS) is 17.3. The second kappa shape index (κ2) is 5.98. The molecule has 1 aromatic carbocycles. The summed E-state index contributed by atoms with van der Waals surface area (Å²) in [5, 5.41) is 1.01. The summed E-state index contributed by atoms with van der Waals surface area (Å²) >= 11 is 1.71. The number of ether oxygens (including phenoxy) is 1. The molecule has 2 aromatic rings. The van der Waals surface area contributed by atoms with Crippen molar-refractivity contribution in [2.45, 2.75) is 39.0 Å². The molecule has 21 heavy (non-hydrogen) atoms. The molecule has 1 aliphatic carbocycles. The third kappa shape index (κ3) is 2.86. The van der Waals surface area contributed by atoms with E-state index in [0.29, 0.717) is 6.61 Å². The fourth-order valence-electron chi connectivity index (χ4n) is 2.71. The number of nitrogens with zero attached hydrogens (tertiary/aromatic N) is 1. The number of benzene rings is 1. The maximum Gasteiger partial charge on any atom is 0.315 e. The highest BCUT2D eigenvalue weighted by molar-refractivity contribution is 7.15. The Balaban J connectivity index is 1.94. The van der Waals surface area contributed by atoms with E-state index in [1.807, 2.05) is 6.92 Å². The Kier molecular flexibility index (Phi) is 4.06. The van der Waals surface area contributed by atoms with Crippen molar-refractivity contribution in [1.29, 1.82) is 0 Å². The molecule has 0 saturated carbocycles. The van der Waals surface area contributed by atoms with Crippen molar-refractivity contribution in [3.05, 3.63) is 40.4 Å². The Labute approximate surface area is 129 Å². The minimum atomic E-state index is -0.177. The van der Waals surface area contributed by atoms with E-state index in [2.05, 4.69) is 31.2 Å². The number of fused-ring (bicyclic) bond motifs is 1. The number of hydrogen-bond donors (Lipinski definition) is 0. The van der Waals surface area contributed by atoms with Crippen LogP contribution in [0.3, 0.4) is 0 Å². The van der Waals surface area contributed by atoms with Crippen molar-refractivity contribution in [2.75, 3.05) is 6.61 Å². The zero-order valence-electron chi connectivity index (χ0n) is 12.4. The third-order valence-corrected chi connectivity index (χ3v) is 5.00. The minimum Gasteiger partial charge on any atom is -0.465 e. The molecular formula is C17H19NO2S. The van der Waals surface area contributed by atoms with Crippen molar-refractivity contribution < 1.29 is 9.53 Å². The fraction of sp³-hybridized carbons (Fsp3) is 0.412. The predicted octanol–water partition coefficient (Wildman–Crippen LogP) is 4.10. The summed E-state index contributed by atoms with van der Waals surface area (Å²) in [5.41, 5.74) is 3.31. The number of carbonyl (C=O) groups is 1. The van der Waals surface area contributed by atoms with Gasteiger partial charge in [-0.15, -0.1) is 11.3 Å². The molecule has 0 radical (unpaired) electrons. The predicted molar refractivity (Wildman–Crippen MR) is 84.6 cm³/mol. The highest BCUT2D eigenvalue weighted by atomic mass is 32.1.